The van der Waals surface area contributed by atoms with E-state index in [-0.39, 0.29) is 6.04 Å². The molecule has 2 amide bonds. The topological polar surface area (TPSA) is 65.5 Å². The summed E-state index contributed by atoms with van der Waals surface area (Å²) in [5.41, 5.74) is 1.98. The fraction of sp³-hybridized carbons (Fsp3) is 0.353. The molecule has 0 aliphatic carbocycles. The molecule has 4 rings (SSSR count). The van der Waals surface area contributed by atoms with Crippen LogP contribution in [0.5, 0.6) is 0 Å². The third-order valence-electron chi connectivity index (χ3n) is 4.75. The number of rotatable bonds is 1. The first-order valence-corrected chi connectivity index (χ1v) is 8.32. The molecule has 2 aliphatic rings. The maximum Gasteiger partial charge on any atom is 0.312 e. The van der Waals surface area contributed by atoms with Crippen molar-refractivity contribution >= 4 is 40.1 Å². The van der Waals surface area contributed by atoms with Crippen molar-refractivity contribution in [2.45, 2.75) is 13.0 Å². The maximum atomic E-state index is 11.9. The van der Waals surface area contributed by atoms with Crippen LogP contribution in [0.3, 0.4) is 0 Å². The molecular weight excluding hydrogens is 328 g/mol. The van der Waals surface area contributed by atoms with Gasteiger partial charge in [-0.3, -0.25) is 9.59 Å². The molecule has 7 heteroatoms. The summed E-state index contributed by atoms with van der Waals surface area (Å²) >= 11 is 6.25. The molecule has 1 aromatic carbocycles. The number of hydrogen-bond donors (Lipinski definition) is 1. The number of fused-ring (bicyclic) bond motifs is 2. The van der Waals surface area contributed by atoms with E-state index >= 15 is 0 Å². The second-order valence-electron chi connectivity index (χ2n) is 6.24. The van der Waals surface area contributed by atoms with E-state index in [4.69, 9.17) is 16.6 Å². The predicted molar refractivity (Wildman–Crippen MR) is 92.2 cm³/mol. The van der Waals surface area contributed by atoms with Crippen molar-refractivity contribution in [1.29, 1.82) is 0 Å². The van der Waals surface area contributed by atoms with E-state index in [9.17, 15) is 9.59 Å². The van der Waals surface area contributed by atoms with Crippen molar-refractivity contribution in [3.05, 3.63) is 34.9 Å². The normalized spacial score (nSPS) is 21.0. The van der Waals surface area contributed by atoms with Gasteiger partial charge < -0.3 is 15.1 Å². The van der Waals surface area contributed by atoms with Gasteiger partial charge in [-0.1, -0.05) is 17.7 Å². The van der Waals surface area contributed by atoms with E-state index in [2.05, 4.69) is 10.2 Å². The van der Waals surface area contributed by atoms with Gasteiger partial charge in [-0.2, -0.15) is 0 Å². The van der Waals surface area contributed by atoms with E-state index in [1.54, 1.807) is 4.90 Å². The summed E-state index contributed by atoms with van der Waals surface area (Å²) in [5, 5.41) is 4.29. The fourth-order valence-corrected chi connectivity index (χ4v) is 3.62. The number of nitrogens with one attached hydrogen (secondary N) is 1. The molecule has 2 fully saturated rings. The number of hydrogen-bond acceptors (Lipinski definition) is 4. The van der Waals surface area contributed by atoms with Crippen LogP contribution in [-0.2, 0) is 9.59 Å². The monoisotopic (exact) mass is 344 g/mol. The molecule has 1 atom stereocenters. The zero-order chi connectivity index (χ0) is 16.8. The highest BCUT2D eigenvalue weighted by Crippen LogP contribution is 2.28. The van der Waals surface area contributed by atoms with Gasteiger partial charge in [0, 0.05) is 36.6 Å². The highest BCUT2D eigenvalue weighted by atomic mass is 35.5. The van der Waals surface area contributed by atoms with Gasteiger partial charge in [-0.15, -0.1) is 0 Å². The Balaban J connectivity index is 1.63. The summed E-state index contributed by atoms with van der Waals surface area (Å²) in [5.74, 6) is -0.0642. The summed E-state index contributed by atoms with van der Waals surface area (Å²) in [4.78, 5) is 32.0. The van der Waals surface area contributed by atoms with Gasteiger partial charge in [0.15, 0.2) is 0 Å². The minimum Gasteiger partial charge on any atom is -0.353 e. The molecule has 2 aromatic rings. The number of amides is 2. The summed E-state index contributed by atoms with van der Waals surface area (Å²) in [7, 11) is 0. The molecule has 0 saturated carbocycles. The molecule has 0 bridgehead atoms. The molecule has 6 nitrogen and oxygen atoms in total. The van der Waals surface area contributed by atoms with E-state index in [0.29, 0.717) is 31.2 Å². The van der Waals surface area contributed by atoms with Crippen molar-refractivity contribution < 1.29 is 9.59 Å². The van der Waals surface area contributed by atoms with Crippen molar-refractivity contribution in [3.63, 3.8) is 0 Å². The highest BCUT2D eigenvalue weighted by Gasteiger charge is 2.37. The van der Waals surface area contributed by atoms with Crippen LogP contribution < -0.4 is 10.2 Å². The fourth-order valence-electron chi connectivity index (χ4n) is 3.41. The third kappa shape index (κ3) is 2.38. The molecule has 2 aliphatic heterocycles. The average molecular weight is 345 g/mol. The number of aryl methyl sites for hydroxylation is 1. The largest absolute Gasteiger partial charge is 0.353 e. The van der Waals surface area contributed by atoms with Crippen LogP contribution in [0.2, 0.25) is 5.02 Å². The van der Waals surface area contributed by atoms with Crippen LogP contribution in [-0.4, -0.2) is 53.9 Å². The summed E-state index contributed by atoms with van der Waals surface area (Å²) in [6, 6.07) is 7.80. The number of halogens is 1. The van der Waals surface area contributed by atoms with Crippen LogP contribution in [0, 0.1) is 6.92 Å². The smallest absolute Gasteiger partial charge is 0.312 e. The SMILES string of the molecule is Cc1ccc(Cl)c2ccc(N3CCN4C(=O)C(=O)NC[C@@H]4C3)nc12. The number of benzene rings is 1. The number of piperazine rings is 2. The summed E-state index contributed by atoms with van der Waals surface area (Å²) < 4.78 is 0. The first-order chi connectivity index (χ1) is 11.5. The number of carbonyl (C=O) groups excluding carboxylic acids is 2. The Kier molecular flexibility index (Phi) is 3.57. The first-order valence-electron chi connectivity index (χ1n) is 7.94. The molecule has 1 aromatic heterocycles. The van der Waals surface area contributed by atoms with Crippen molar-refractivity contribution in [2.24, 2.45) is 0 Å². The minimum absolute atomic E-state index is 0.0121. The van der Waals surface area contributed by atoms with Gasteiger partial charge in [0.2, 0.25) is 0 Å². The van der Waals surface area contributed by atoms with Gasteiger partial charge >= 0.3 is 11.8 Å². The zero-order valence-corrected chi connectivity index (χ0v) is 14.0. The average Bonchev–Trinajstić information content (AvgIpc) is 2.61. The lowest BCUT2D eigenvalue weighted by Gasteiger charge is -2.43. The van der Waals surface area contributed by atoms with Crippen LogP contribution in [0.25, 0.3) is 10.9 Å². The Labute approximate surface area is 144 Å². The summed E-state index contributed by atoms with van der Waals surface area (Å²) in [6.45, 7) is 4.35. The van der Waals surface area contributed by atoms with Gasteiger partial charge in [0.25, 0.3) is 0 Å². The van der Waals surface area contributed by atoms with Crippen LogP contribution in [0.4, 0.5) is 5.82 Å². The summed E-state index contributed by atoms with van der Waals surface area (Å²) in [6.07, 6.45) is 0. The number of nitrogens with zero attached hydrogens (tertiary/aromatic N) is 3. The second kappa shape index (κ2) is 5.63. The Hall–Kier alpha value is -2.34. The van der Waals surface area contributed by atoms with E-state index < -0.39 is 11.8 Å². The van der Waals surface area contributed by atoms with Crippen LogP contribution in [0.1, 0.15) is 5.56 Å². The number of carbonyl (C=O) groups is 2. The molecule has 0 radical (unpaired) electrons. The molecule has 0 unspecified atom stereocenters. The number of pyridine rings is 1. The van der Waals surface area contributed by atoms with E-state index in [0.717, 1.165) is 22.3 Å². The van der Waals surface area contributed by atoms with Crippen molar-refractivity contribution in [1.82, 2.24) is 15.2 Å². The highest BCUT2D eigenvalue weighted by molar-refractivity contribution is 6.36. The Bertz CT molecular complexity index is 854. The zero-order valence-electron chi connectivity index (χ0n) is 13.3. The predicted octanol–water partition coefficient (Wildman–Crippen LogP) is 1.34. The van der Waals surface area contributed by atoms with Gasteiger partial charge in [-0.25, -0.2) is 4.98 Å². The third-order valence-corrected chi connectivity index (χ3v) is 5.08. The quantitative estimate of drug-likeness (QED) is 0.793. The first kappa shape index (κ1) is 15.2. The Morgan fingerprint density at radius 2 is 2.04 bits per heavy atom. The number of anilines is 1. The lowest BCUT2D eigenvalue weighted by molar-refractivity contribution is -0.150. The van der Waals surface area contributed by atoms with Gasteiger partial charge in [0.1, 0.15) is 5.82 Å². The van der Waals surface area contributed by atoms with E-state index in [1.165, 1.54) is 0 Å². The minimum atomic E-state index is -0.506. The molecule has 124 valence electrons. The van der Waals surface area contributed by atoms with Crippen molar-refractivity contribution in [2.75, 3.05) is 31.1 Å². The molecule has 1 N–H and O–H groups in total. The number of aromatic nitrogens is 1. The molecule has 3 heterocycles. The molecular formula is C17H17ClN4O2. The van der Waals surface area contributed by atoms with Crippen LogP contribution >= 0.6 is 11.6 Å². The second-order valence-corrected chi connectivity index (χ2v) is 6.65. The molecule has 24 heavy (non-hydrogen) atoms. The molecule has 0 spiro atoms. The standard InChI is InChI=1S/C17H17ClN4O2/c1-10-2-4-13(18)12-3-5-14(20-15(10)12)21-6-7-22-11(9-21)8-19-16(23)17(22)24/h2-5,11H,6-9H2,1H3,(H,19,23)/t11-/m1/s1. The maximum absolute atomic E-state index is 11.9. The lowest BCUT2D eigenvalue weighted by Crippen LogP contribution is -2.65. The van der Waals surface area contributed by atoms with Gasteiger partial charge in [0.05, 0.1) is 11.6 Å². The van der Waals surface area contributed by atoms with Crippen molar-refractivity contribution in [3.8, 4) is 0 Å². The van der Waals surface area contributed by atoms with E-state index in [1.807, 2.05) is 31.2 Å². The lowest BCUT2D eigenvalue weighted by atomic mass is 10.1. The Morgan fingerprint density at radius 1 is 1.21 bits per heavy atom. The molecule has 2 saturated heterocycles. The van der Waals surface area contributed by atoms with Crippen LogP contribution in [0.15, 0.2) is 24.3 Å². The Morgan fingerprint density at radius 3 is 2.88 bits per heavy atom. The van der Waals surface area contributed by atoms with Gasteiger partial charge in [-0.05, 0) is 30.7 Å².